The highest BCUT2D eigenvalue weighted by Crippen LogP contribution is 2.28. The zero-order valence-corrected chi connectivity index (χ0v) is 7.01. The normalized spacial score (nSPS) is 11.5. The van der Waals surface area contributed by atoms with Gasteiger partial charge in [-0.3, -0.25) is 0 Å². The van der Waals surface area contributed by atoms with Crippen molar-refractivity contribution in [3.63, 3.8) is 0 Å². The summed E-state index contributed by atoms with van der Waals surface area (Å²) in [6, 6.07) is 0. The molecule has 0 fully saturated rings. The molecule has 0 amide bonds. The zero-order valence-electron chi connectivity index (χ0n) is 4.74. The van der Waals surface area contributed by atoms with Crippen LogP contribution in [0.3, 0.4) is 0 Å². The van der Waals surface area contributed by atoms with Crippen LogP contribution in [0.1, 0.15) is 0 Å². The molecule has 0 aromatic carbocycles. The van der Waals surface area contributed by atoms with Gasteiger partial charge in [0.05, 0.1) is 0 Å². The maximum Gasteiger partial charge on any atom is 0.487 e. The zero-order chi connectivity index (χ0) is 9.65. The Kier molecular flexibility index (Phi) is 7.88. The summed E-state index contributed by atoms with van der Waals surface area (Å²) in [5.41, 5.74) is 0. The second kappa shape index (κ2) is 6.14. The van der Waals surface area contributed by atoms with Crippen LogP contribution in [0.15, 0.2) is 0 Å². The van der Waals surface area contributed by atoms with Crippen LogP contribution in [0.4, 0.5) is 13.2 Å². The molecular weight excluding hydrogens is 231 g/mol. The first-order valence-electron chi connectivity index (χ1n) is 1.94. The summed E-state index contributed by atoms with van der Waals surface area (Å²) >= 11 is 14.7. The Morgan fingerprint density at radius 3 is 1.18 bits per heavy atom. The van der Waals surface area contributed by atoms with E-state index in [1.807, 2.05) is 0 Å². The van der Waals surface area contributed by atoms with Gasteiger partial charge in [-0.1, -0.05) is 34.8 Å². The van der Waals surface area contributed by atoms with Gasteiger partial charge >= 0.3 is 6.68 Å². The molecule has 8 heteroatoms. The minimum atomic E-state index is -3.08. The molecule has 0 unspecified atom stereocenters. The van der Waals surface area contributed by atoms with Gasteiger partial charge < -0.3 is 10.2 Å². The number of aliphatic hydroxyl groups excluding tert-OH is 1. The fraction of sp³-hybridized carbons (Fsp3) is 0.667. The Labute approximate surface area is 75.5 Å². The summed E-state index contributed by atoms with van der Waals surface area (Å²) in [6.45, 7) is -3.08. The van der Waals surface area contributed by atoms with E-state index in [1.165, 1.54) is 0 Å². The second-order valence-corrected chi connectivity index (χ2v) is 3.50. The molecule has 0 heterocycles. The molecule has 2 N–H and O–H groups in total. The van der Waals surface area contributed by atoms with Gasteiger partial charge in [-0.25, -0.2) is 0 Å². The molecular formula is C3H3Cl3F3O2. The predicted molar refractivity (Wildman–Crippen MR) is 35.1 cm³/mol. The van der Waals surface area contributed by atoms with Crippen LogP contribution in [0.5, 0.6) is 0 Å². The summed E-state index contributed by atoms with van der Waals surface area (Å²) in [5, 5.41) is 16.1. The molecule has 0 aromatic heterocycles. The van der Waals surface area contributed by atoms with Crippen LogP contribution in [0.25, 0.3) is 0 Å². The third kappa shape index (κ3) is 18.0. The maximum atomic E-state index is 9.58. The number of hydrogen-bond donors (Lipinski definition) is 2. The van der Waals surface area contributed by atoms with E-state index >= 15 is 0 Å². The van der Waals surface area contributed by atoms with Gasteiger partial charge in [0.2, 0.25) is 3.79 Å². The van der Waals surface area contributed by atoms with Crippen LogP contribution in [-0.2, 0) is 0 Å². The molecule has 0 aliphatic rings. The van der Waals surface area contributed by atoms with E-state index in [2.05, 4.69) is 0 Å². The highest BCUT2D eigenvalue weighted by atomic mass is 35.6. The molecule has 0 aliphatic heterocycles. The number of alkyl halides is 3. The summed E-state index contributed by atoms with van der Waals surface area (Å²) in [7, 11) is 0. The Morgan fingerprint density at radius 2 is 1.18 bits per heavy atom. The van der Waals surface area contributed by atoms with Crippen molar-refractivity contribution in [3.8, 4) is 0 Å². The van der Waals surface area contributed by atoms with Crippen LogP contribution in [0.2, 0.25) is 0 Å². The average molecular weight is 234 g/mol. The van der Waals surface area contributed by atoms with E-state index in [4.69, 9.17) is 45.0 Å². The lowest BCUT2D eigenvalue weighted by atomic mass is 10.8. The largest absolute Gasteiger partial charge is 0.487 e. The van der Waals surface area contributed by atoms with E-state index in [-0.39, 0.29) is 0 Å². The Morgan fingerprint density at radius 1 is 1.09 bits per heavy atom. The summed E-state index contributed by atoms with van der Waals surface area (Å²) < 4.78 is 26.8. The smallest absolute Gasteiger partial charge is 0.365 e. The van der Waals surface area contributed by atoms with Crippen molar-refractivity contribution < 1.29 is 23.4 Å². The molecule has 0 saturated carbocycles. The van der Waals surface area contributed by atoms with Gasteiger partial charge in [-0.15, -0.1) is 0 Å². The molecule has 1 radical (unpaired) electrons. The van der Waals surface area contributed by atoms with E-state index < -0.39 is 16.8 Å². The van der Waals surface area contributed by atoms with Gasteiger partial charge in [-0.2, -0.15) is 13.2 Å². The molecule has 0 saturated heterocycles. The molecule has 0 spiro atoms. The minimum absolute atomic E-state index is 1.91. The predicted octanol–water partition coefficient (Wildman–Crippen LogP) is 2.01. The first-order chi connectivity index (χ1) is 4.68. The average Bonchev–Trinajstić information content (AvgIpc) is 1.59. The molecule has 0 aliphatic carbocycles. The number of rotatable bonds is 0. The van der Waals surface area contributed by atoms with Crippen molar-refractivity contribution in [1.29, 1.82) is 0 Å². The van der Waals surface area contributed by atoms with Crippen molar-refractivity contribution >= 4 is 34.8 Å². The van der Waals surface area contributed by atoms with Crippen LogP contribution in [0, 0.1) is 6.68 Å². The quantitative estimate of drug-likeness (QED) is 0.497. The highest BCUT2D eigenvalue weighted by Gasteiger charge is 2.28. The number of aliphatic hydroxyl groups is 2. The van der Waals surface area contributed by atoms with E-state index in [0.717, 1.165) is 0 Å². The van der Waals surface area contributed by atoms with E-state index in [0.29, 0.717) is 0 Å². The Balaban J connectivity index is 0. The number of halogens is 6. The van der Waals surface area contributed by atoms with Gasteiger partial charge in [0.25, 0.3) is 0 Å². The van der Waals surface area contributed by atoms with Crippen molar-refractivity contribution in [2.45, 2.75) is 10.1 Å². The first-order valence-corrected chi connectivity index (χ1v) is 3.07. The fourth-order valence-electron chi connectivity index (χ4n) is 0. The number of hydrogen-bond acceptors (Lipinski definition) is 2. The molecule has 2 nitrogen and oxygen atoms in total. The van der Waals surface area contributed by atoms with Crippen LogP contribution >= 0.6 is 34.8 Å². The summed E-state index contributed by atoms with van der Waals surface area (Å²) in [5.74, 6) is 0. The van der Waals surface area contributed by atoms with E-state index in [1.54, 1.807) is 0 Å². The molecule has 69 valence electrons. The third-order valence-corrected chi connectivity index (χ3v) is 0.878. The van der Waals surface area contributed by atoms with Gasteiger partial charge in [0.1, 0.15) is 0 Å². The minimum Gasteiger partial charge on any atom is -0.365 e. The standard InChI is InChI=1S/C2H3Cl3O2.CF3/c3-2(4,5)1(6)7;2-1(3)4/h1,6-7H;. The van der Waals surface area contributed by atoms with E-state index in [9.17, 15) is 13.2 Å². The fourth-order valence-corrected chi connectivity index (χ4v) is 0. The molecule has 0 bridgehead atoms. The van der Waals surface area contributed by atoms with Crippen LogP contribution in [-0.4, -0.2) is 20.3 Å². The lowest BCUT2D eigenvalue weighted by Gasteiger charge is -2.10. The lowest BCUT2D eigenvalue weighted by molar-refractivity contribution is -0.0355. The van der Waals surface area contributed by atoms with Crippen LogP contribution < -0.4 is 0 Å². The summed E-state index contributed by atoms with van der Waals surface area (Å²) in [6.07, 6.45) is -1.91. The Hall–Kier alpha value is 0.580. The van der Waals surface area contributed by atoms with Gasteiger partial charge in [0, 0.05) is 0 Å². The van der Waals surface area contributed by atoms with Gasteiger partial charge in [-0.05, 0) is 0 Å². The molecule has 0 rings (SSSR count). The lowest BCUT2D eigenvalue weighted by Crippen LogP contribution is -2.23. The molecule has 0 aromatic rings. The first kappa shape index (κ1) is 14.1. The van der Waals surface area contributed by atoms with Crippen molar-refractivity contribution in [3.05, 3.63) is 6.68 Å². The monoisotopic (exact) mass is 233 g/mol. The maximum absolute atomic E-state index is 9.58. The SMILES string of the molecule is F[C](F)F.OC(O)C(Cl)(Cl)Cl. The second-order valence-electron chi connectivity index (χ2n) is 1.13. The Bertz CT molecular complexity index is 91.6. The van der Waals surface area contributed by atoms with Crippen molar-refractivity contribution in [1.82, 2.24) is 0 Å². The summed E-state index contributed by atoms with van der Waals surface area (Å²) in [4.78, 5) is 0. The highest BCUT2D eigenvalue weighted by molar-refractivity contribution is 6.67. The topological polar surface area (TPSA) is 40.5 Å². The molecule has 0 atom stereocenters. The van der Waals surface area contributed by atoms with Crippen molar-refractivity contribution in [2.75, 3.05) is 0 Å². The third-order valence-electron chi connectivity index (χ3n) is 0.293. The molecule has 11 heavy (non-hydrogen) atoms. The van der Waals surface area contributed by atoms with Gasteiger partial charge in [0.15, 0.2) is 6.29 Å². The van der Waals surface area contributed by atoms with Crippen molar-refractivity contribution in [2.24, 2.45) is 0 Å².